The third-order valence-corrected chi connectivity index (χ3v) is 4.89. The van der Waals surface area contributed by atoms with Crippen LogP contribution in [-0.4, -0.2) is 48.3 Å². The summed E-state index contributed by atoms with van der Waals surface area (Å²) in [6.45, 7) is 1.61. The Morgan fingerprint density at radius 2 is 2.10 bits per heavy atom. The number of carbonyl (C=O) groups is 1. The monoisotopic (exact) mass is 415 g/mol. The van der Waals surface area contributed by atoms with Crippen LogP contribution in [0.5, 0.6) is 0 Å². The van der Waals surface area contributed by atoms with E-state index in [4.69, 9.17) is 16.1 Å². The Morgan fingerprint density at radius 3 is 2.83 bits per heavy atom. The highest BCUT2D eigenvalue weighted by Gasteiger charge is 2.23. The zero-order valence-corrected chi connectivity index (χ0v) is 16.7. The minimum Gasteiger partial charge on any atom is -0.336 e. The van der Waals surface area contributed by atoms with Crippen LogP contribution in [0.2, 0.25) is 5.02 Å². The van der Waals surface area contributed by atoms with Crippen molar-refractivity contribution in [1.82, 2.24) is 20.4 Å². The summed E-state index contributed by atoms with van der Waals surface area (Å²) in [5, 5.41) is 7.21. The Bertz CT molecular complexity index is 1070. The maximum atomic E-state index is 14.0. The first-order chi connectivity index (χ1) is 13.9. The highest BCUT2D eigenvalue weighted by molar-refractivity contribution is 6.33. The van der Waals surface area contributed by atoms with Gasteiger partial charge in [-0.05, 0) is 50.5 Å². The predicted molar refractivity (Wildman–Crippen MR) is 108 cm³/mol. The summed E-state index contributed by atoms with van der Waals surface area (Å²) < 4.78 is 19.5. The number of hydrogen-bond donors (Lipinski definition) is 1. The molecule has 4 rings (SSSR count). The van der Waals surface area contributed by atoms with Crippen molar-refractivity contribution in [3.8, 4) is 22.8 Å². The number of anilines is 1. The molecule has 7 nitrogen and oxygen atoms in total. The van der Waals surface area contributed by atoms with E-state index in [2.05, 4.69) is 15.5 Å². The van der Waals surface area contributed by atoms with Gasteiger partial charge < -0.3 is 14.7 Å². The van der Waals surface area contributed by atoms with Gasteiger partial charge in [-0.1, -0.05) is 16.8 Å². The predicted octanol–water partition coefficient (Wildman–Crippen LogP) is 3.79. The van der Waals surface area contributed by atoms with Crippen LogP contribution in [0.1, 0.15) is 5.56 Å². The lowest BCUT2D eigenvalue weighted by molar-refractivity contribution is 0.252. The number of urea groups is 1. The third kappa shape index (κ3) is 3.94. The Morgan fingerprint density at radius 1 is 1.28 bits per heavy atom. The molecule has 0 radical (unpaired) electrons. The largest absolute Gasteiger partial charge is 0.336 e. The van der Waals surface area contributed by atoms with Crippen molar-refractivity contribution in [3.05, 3.63) is 52.8 Å². The number of nitrogens with one attached hydrogen (secondary N) is 1. The molecular weight excluding hydrogens is 397 g/mol. The summed E-state index contributed by atoms with van der Waals surface area (Å²) in [6, 6.07) is 9.74. The smallest absolute Gasteiger partial charge is 0.321 e. The molecule has 0 atom stereocenters. The summed E-state index contributed by atoms with van der Waals surface area (Å²) in [4.78, 5) is 19.9. The first-order valence-electron chi connectivity index (χ1n) is 9.05. The van der Waals surface area contributed by atoms with Crippen LogP contribution < -0.4 is 10.2 Å². The molecule has 0 bridgehead atoms. The molecule has 2 heterocycles. The molecule has 0 saturated carbocycles. The maximum Gasteiger partial charge on any atom is 0.321 e. The minimum absolute atomic E-state index is 0.163. The van der Waals surface area contributed by atoms with Crippen LogP contribution in [0.4, 0.5) is 14.9 Å². The van der Waals surface area contributed by atoms with E-state index < -0.39 is 0 Å². The molecule has 2 amide bonds. The summed E-state index contributed by atoms with van der Waals surface area (Å²) in [7, 11) is 3.74. The lowest BCUT2D eigenvalue weighted by Crippen LogP contribution is -2.27. The average molecular weight is 416 g/mol. The fraction of sp³-hybridized carbons (Fsp3) is 0.250. The molecule has 150 valence electrons. The van der Waals surface area contributed by atoms with E-state index >= 15 is 0 Å². The fourth-order valence-corrected chi connectivity index (χ4v) is 3.39. The van der Waals surface area contributed by atoms with Gasteiger partial charge in [-0.3, -0.25) is 4.90 Å². The van der Waals surface area contributed by atoms with Gasteiger partial charge in [0.15, 0.2) is 0 Å². The van der Waals surface area contributed by atoms with Crippen LogP contribution >= 0.6 is 11.6 Å². The zero-order valence-electron chi connectivity index (χ0n) is 15.9. The van der Waals surface area contributed by atoms with Crippen LogP contribution in [0.25, 0.3) is 22.8 Å². The Labute approximate surface area is 172 Å². The molecule has 1 saturated heterocycles. The summed E-state index contributed by atoms with van der Waals surface area (Å²) in [6.07, 6.45) is 0. The highest BCUT2D eigenvalue weighted by atomic mass is 35.5. The van der Waals surface area contributed by atoms with Gasteiger partial charge in [0.25, 0.3) is 5.89 Å². The van der Waals surface area contributed by atoms with Gasteiger partial charge in [0.05, 0.1) is 10.6 Å². The molecule has 0 aliphatic carbocycles. The fourth-order valence-electron chi connectivity index (χ4n) is 3.19. The summed E-state index contributed by atoms with van der Waals surface area (Å²) >= 11 is 6.33. The molecule has 2 aromatic carbocycles. The van der Waals surface area contributed by atoms with Gasteiger partial charge in [-0.2, -0.15) is 4.98 Å². The molecule has 3 aromatic rings. The molecule has 1 N–H and O–H groups in total. The van der Waals surface area contributed by atoms with Gasteiger partial charge in [-0.15, -0.1) is 0 Å². The van der Waals surface area contributed by atoms with Crippen molar-refractivity contribution in [2.45, 2.75) is 6.54 Å². The van der Waals surface area contributed by atoms with E-state index in [1.807, 2.05) is 19.0 Å². The average Bonchev–Trinajstić information content (AvgIpc) is 3.33. The van der Waals surface area contributed by atoms with E-state index in [0.29, 0.717) is 52.9 Å². The quantitative estimate of drug-likeness (QED) is 0.686. The second-order valence-electron chi connectivity index (χ2n) is 7.01. The first kappa shape index (κ1) is 19.4. The van der Waals surface area contributed by atoms with E-state index in [0.717, 1.165) is 0 Å². The van der Waals surface area contributed by atoms with Crippen LogP contribution in [-0.2, 0) is 6.54 Å². The number of carbonyl (C=O) groups excluding carboxylic acids is 1. The standard InChI is InChI=1S/C20H19ClFN5O2/c1-26(2)11-13-9-12(3-6-17(13)22)18-24-19(29-25-18)15-10-14(4-5-16(15)21)27-8-7-23-20(27)28/h3-6,9-10H,7-8,11H2,1-2H3,(H,23,28). The Hall–Kier alpha value is -2.97. The Kier molecular flexibility index (Phi) is 5.21. The topological polar surface area (TPSA) is 74.5 Å². The number of amides is 2. The molecule has 0 spiro atoms. The molecule has 1 aromatic heterocycles. The lowest BCUT2D eigenvalue weighted by atomic mass is 10.1. The van der Waals surface area contributed by atoms with E-state index in [1.165, 1.54) is 6.07 Å². The SMILES string of the molecule is CN(C)Cc1cc(-c2noc(-c3cc(N4CCNC4=O)ccc3Cl)n2)ccc1F. The van der Waals surface area contributed by atoms with Crippen LogP contribution in [0.3, 0.4) is 0 Å². The van der Waals surface area contributed by atoms with E-state index in [9.17, 15) is 9.18 Å². The van der Waals surface area contributed by atoms with Gasteiger partial charge in [0, 0.05) is 36.4 Å². The van der Waals surface area contributed by atoms with Crippen molar-refractivity contribution in [2.24, 2.45) is 0 Å². The minimum atomic E-state index is -0.286. The number of benzene rings is 2. The lowest BCUT2D eigenvalue weighted by Gasteiger charge is -2.15. The number of halogens is 2. The molecular formula is C20H19ClFN5O2. The molecule has 29 heavy (non-hydrogen) atoms. The van der Waals surface area contributed by atoms with Crippen molar-refractivity contribution in [2.75, 3.05) is 32.1 Å². The van der Waals surface area contributed by atoms with Gasteiger partial charge in [-0.25, -0.2) is 9.18 Å². The third-order valence-electron chi connectivity index (χ3n) is 4.57. The number of rotatable bonds is 5. The van der Waals surface area contributed by atoms with Crippen molar-refractivity contribution in [3.63, 3.8) is 0 Å². The number of nitrogens with zero attached hydrogens (tertiary/aromatic N) is 4. The normalized spacial score (nSPS) is 14.0. The summed E-state index contributed by atoms with van der Waals surface area (Å²) in [5.74, 6) is 0.274. The highest BCUT2D eigenvalue weighted by Crippen LogP contribution is 2.33. The Balaban J connectivity index is 1.67. The van der Waals surface area contributed by atoms with Gasteiger partial charge in [0.2, 0.25) is 5.82 Å². The van der Waals surface area contributed by atoms with Gasteiger partial charge in [0.1, 0.15) is 5.82 Å². The van der Waals surface area contributed by atoms with Crippen LogP contribution in [0, 0.1) is 5.82 Å². The second-order valence-corrected chi connectivity index (χ2v) is 7.42. The maximum absolute atomic E-state index is 14.0. The number of aromatic nitrogens is 2. The van der Waals surface area contributed by atoms with Crippen molar-refractivity contribution in [1.29, 1.82) is 0 Å². The van der Waals surface area contributed by atoms with Crippen molar-refractivity contribution < 1.29 is 13.7 Å². The summed E-state index contributed by atoms with van der Waals surface area (Å²) in [5.41, 5.74) is 2.40. The van der Waals surface area contributed by atoms with Gasteiger partial charge >= 0.3 is 6.03 Å². The molecule has 0 unspecified atom stereocenters. The molecule has 1 aliphatic heterocycles. The molecule has 1 aliphatic rings. The molecule has 1 fully saturated rings. The van der Waals surface area contributed by atoms with Crippen LogP contribution in [0.15, 0.2) is 40.9 Å². The number of hydrogen-bond acceptors (Lipinski definition) is 5. The van der Waals surface area contributed by atoms with E-state index in [1.54, 1.807) is 35.2 Å². The zero-order chi connectivity index (χ0) is 20.5. The molecule has 9 heteroatoms. The first-order valence-corrected chi connectivity index (χ1v) is 9.42. The van der Waals surface area contributed by atoms with E-state index in [-0.39, 0.29) is 17.7 Å². The van der Waals surface area contributed by atoms with Crippen molar-refractivity contribution >= 4 is 23.3 Å². The second kappa shape index (κ2) is 7.81.